The van der Waals surface area contributed by atoms with Crippen LogP contribution in [-0.4, -0.2) is 57.8 Å². The number of carbonyl (C=O) groups is 2. The van der Waals surface area contributed by atoms with Gasteiger partial charge in [-0.15, -0.1) is 11.3 Å². The summed E-state index contributed by atoms with van der Waals surface area (Å²) in [6, 6.07) is 7.42. The first-order chi connectivity index (χ1) is 13.3. The molecule has 0 bridgehead atoms. The predicted molar refractivity (Wildman–Crippen MR) is 111 cm³/mol. The second-order valence-corrected chi connectivity index (χ2v) is 9.42. The lowest BCUT2D eigenvalue weighted by atomic mass is 9.83. The van der Waals surface area contributed by atoms with Crippen molar-refractivity contribution in [2.45, 2.75) is 38.9 Å². The minimum atomic E-state index is -0.835. The SMILES string of the molecule is Cc1cnc(N2CC3(C2)C(=O)N(C(C)C)CC(=O)N3Cc2ccc(Cl)cc2)s1. The molecule has 0 atom stereocenters. The minimum Gasteiger partial charge on any atom is -0.342 e. The molecule has 1 aromatic carbocycles. The van der Waals surface area contributed by atoms with Crippen molar-refractivity contribution in [2.24, 2.45) is 0 Å². The number of hydrogen-bond donors (Lipinski definition) is 0. The van der Waals surface area contributed by atoms with Crippen LogP contribution in [0, 0.1) is 6.92 Å². The molecule has 0 radical (unpaired) electrons. The smallest absolute Gasteiger partial charge is 0.252 e. The summed E-state index contributed by atoms with van der Waals surface area (Å²) in [5.41, 5.74) is 0.130. The van der Waals surface area contributed by atoms with Gasteiger partial charge in [-0.1, -0.05) is 23.7 Å². The lowest BCUT2D eigenvalue weighted by molar-refractivity contribution is -0.170. The number of rotatable bonds is 4. The summed E-state index contributed by atoms with van der Waals surface area (Å²) in [6.07, 6.45) is 1.84. The molecule has 1 spiro atoms. The maximum absolute atomic E-state index is 13.4. The Balaban J connectivity index is 1.64. The lowest BCUT2D eigenvalue weighted by Crippen LogP contribution is -2.81. The fraction of sp³-hybridized carbons (Fsp3) is 0.450. The van der Waals surface area contributed by atoms with Gasteiger partial charge in [0.15, 0.2) is 10.7 Å². The number of amides is 2. The lowest BCUT2D eigenvalue weighted by Gasteiger charge is -2.58. The van der Waals surface area contributed by atoms with Crippen molar-refractivity contribution < 1.29 is 9.59 Å². The molecule has 4 rings (SSSR count). The molecule has 6 nitrogen and oxygen atoms in total. The molecule has 0 unspecified atom stereocenters. The van der Waals surface area contributed by atoms with E-state index in [2.05, 4.69) is 9.88 Å². The van der Waals surface area contributed by atoms with E-state index in [9.17, 15) is 9.59 Å². The van der Waals surface area contributed by atoms with Crippen LogP contribution in [0.2, 0.25) is 5.02 Å². The fourth-order valence-electron chi connectivity index (χ4n) is 3.87. The quantitative estimate of drug-likeness (QED) is 0.766. The highest BCUT2D eigenvalue weighted by atomic mass is 35.5. The summed E-state index contributed by atoms with van der Waals surface area (Å²) in [5, 5.41) is 1.55. The van der Waals surface area contributed by atoms with Crippen molar-refractivity contribution in [1.29, 1.82) is 0 Å². The third-order valence-corrected chi connectivity index (χ3v) is 6.67. The van der Waals surface area contributed by atoms with E-state index in [4.69, 9.17) is 11.6 Å². The van der Waals surface area contributed by atoms with E-state index < -0.39 is 5.54 Å². The second kappa shape index (κ2) is 7.04. The molecule has 0 N–H and O–H groups in total. The third-order valence-electron chi connectivity index (χ3n) is 5.44. The molecule has 2 fully saturated rings. The third kappa shape index (κ3) is 3.16. The monoisotopic (exact) mass is 418 g/mol. The van der Waals surface area contributed by atoms with Gasteiger partial charge >= 0.3 is 0 Å². The Kier molecular flexibility index (Phi) is 4.83. The fourth-order valence-corrected chi connectivity index (χ4v) is 4.75. The largest absolute Gasteiger partial charge is 0.342 e. The van der Waals surface area contributed by atoms with Crippen LogP contribution >= 0.6 is 22.9 Å². The molecular formula is C20H23ClN4O2S. The minimum absolute atomic E-state index is 0.0119. The Morgan fingerprint density at radius 1 is 1.21 bits per heavy atom. The van der Waals surface area contributed by atoms with E-state index in [-0.39, 0.29) is 24.4 Å². The summed E-state index contributed by atoms with van der Waals surface area (Å²) in [7, 11) is 0. The number of hydrogen-bond acceptors (Lipinski definition) is 5. The van der Waals surface area contributed by atoms with Gasteiger partial charge in [0.2, 0.25) is 5.91 Å². The zero-order valence-corrected chi connectivity index (χ0v) is 17.8. The van der Waals surface area contributed by atoms with Crippen LogP contribution in [-0.2, 0) is 16.1 Å². The van der Waals surface area contributed by atoms with E-state index >= 15 is 0 Å². The molecule has 0 aliphatic carbocycles. The van der Waals surface area contributed by atoms with E-state index in [0.717, 1.165) is 15.6 Å². The van der Waals surface area contributed by atoms with Crippen molar-refractivity contribution in [3.63, 3.8) is 0 Å². The Morgan fingerprint density at radius 2 is 1.89 bits per heavy atom. The zero-order valence-electron chi connectivity index (χ0n) is 16.2. The second-order valence-electron chi connectivity index (χ2n) is 7.77. The molecule has 0 saturated carbocycles. The summed E-state index contributed by atoms with van der Waals surface area (Å²) in [4.78, 5) is 37.6. The average molecular weight is 419 g/mol. The van der Waals surface area contributed by atoms with Gasteiger partial charge in [-0.05, 0) is 38.5 Å². The standard InChI is InChI=1S/C20H23ClN4O2S/c1-13(2)24-10-17(26)25(9-15-4-6-16(21)7-5-15)20(18(24)27)11-23(12-20)19-22-8-14(3)28-19/h4-8,13H,9-12H2,1-3H3. The molecule has 2 aliphatic heterocycles. The number of thiazole rings is 1. The van der Waals surface area contributed by atoms with Crippen LogP contribution in [0.1, 0.15) is 24.3 Å². The average Bonchev–Trinajstić information content (AvgIpc) is 3.04. The predicted octanol–water partition coefficient (Wildman–Crippen LogP) is 2.94. The first-order valence-corrected chi connectivity index (χ1v) is 10.5. The number of aromatic nitrogens is 1. The number of carbonyl (C=O) groups excluding carboxylic acids is 2. The van der Waals surface area contributed by atoms with Crippen molar-refractivity contribution in [2.75, 3.05) is 24.5 Å². The summed E-state index contributed by atoms with van der Waals surface area (Å²) >= 11 is 7.60. The Morgan fingerprint density at radius 3 is 2.46 bits per heavy atom. The highest BCUT2D eigenvalue weighted by Gasteiger charge is 2.60. The van der Waals surface area contributed by atoms with E-state index in [1.165, 1.54) is 0 Å². The Hall–Kier alpha value is -2.12. The molecule has 3 heterocycles. The van der Waals surface area contributed by atoms with Gasteiger partial charge in [0.05, 0.1) is 13.1 Å². The van der Waals surface area contributed by atoms with Gasteiger partial charge in [-0.3, -0.25) is 9.59 Å². The van der Waals surface area contributed by atoms with Crippen molar-refractivity contribution >= 4 is 39.9 Å². The molecule has 2 aromatic rings. The van der Waals surface area contributed by atoms with Crippen molar-refractivity contribution in [3.05, 3.63) is 45.9 Å². The first-order valence-electron chi connectivity index (χ1n) is 9.33. The highest BCUT2D eigenvalue weighted by Crippen LogP contribution is 2.39. The van der Waals surface area contributed by atoms with Crippen LogP contribution in [0.4, 0.5) is 5.13 Å². The van der Waals surface area contributed by atoms with Gasteiger partial charge < -0.3 is 14.7 Å². The van der Waals surface area contributed by atoms with Crippen LogP contribution in [0.25, 0.3) is 0 Å². The van der Waals surface area contributed by atoms with Crippen LogP contribution in [0.15, 0.2) is 30.5 Å². The van der Waals surface area contributed by atoms with Crippen LogP contribution in [0.5, 0.6) is 0 Å². The maximum Gasteiger partial charge on any atom is 0.252 e. The van der Waals surface area contributed by atoms with Gasteiger partial charge in [0.1, 0.15) is 6.54 Å². The topological polar surface area (TPSA) is 56.8 Å². The number of halogens is 1. The molecule has 8 heteroatoms. The van der Waals surface area contributed by atoms with Gasteiger partial charge in [-0.25, -0.2) is 4.98 Å². The molecule has 28 heavy (non-hydrogen) atoms. The number of nitrogens with zero attached hydrogens (tertiary/aromatic N) is 4. The van der Waals surface area contributed by atoms with Crippen molar-refractivity contribution in [3.8, 4) is 0 Å². The first kappa shape index (κ1) is 19.2. The molecule has 2 amide bonds. The van der Waals surface area contributed by atoms with E-state index in [0.29, 0.717) is 24.7 Å². The van der Waals surface area contributed by atoms with Gasteiger partial charge in [0, 0.05) is 28.7 Å². The normalized spacial score (nSPS) is 19.0. The van der Waals surface area contributed by atoms with Gasteiger partial charge in [-0.2, -0.15) is 0 Å². The van der Waals surface area contributed by atoms with Crippen LogP contribution in [0.3, 0.4) is 0 Å². The summed E-state index contributed by atoms with van der Waals surface area (Å²) < 4.78 is 0. The number of piperazine rings is 1. The van der Waals surface area contributed by atoms with Crippen molar-refractivity contribution in [1.82, 2.24) is 14.8 Å². The molecular weight excluding hydrogens is 396 g/mol. The number of benzene rings is 1. The van der Waals surface area contributed by atoms with Crippen LogP contribution < -0.4 is 4.90 Å². The molecule has 2 aliphatic rings. The summed E-state index contributed by atoms with van der Waals surface area (Å²) in [5.74, 6) is 0.0128. The van der Waals surface area contributed by atoms with E-state index in [1.807, 2.05) is 51.2 Å². The van der Waals surface area contributed by atoms with E-state index in [1.54, 1.807) is 21.1 Å². The van der Waals surface area contributed by atoms with Gasteiger partial charge in [0.25, 0.3) is 5.91 Å². The Bertz CT molecular complexity index is 905. The zero-order chi connectivity index (χ0) is 20.1. The molecule has 148 valence electrons. The number of aryl methyl sites for hydroxylation is 1. The number of anilines is 1. The maximum atomic E-state index is 13.4. The summed E-state index contributed by atoms with van der Waals surface area (Å²) in [6.45, 7) is 7.39. The molecule has 1 aromatic heterocycles. The Labute approximate surface area is 173 Å². The molecule has 2 saturated heterocycles. The highest BCUT2D eigenvalue weighted by molar-refractivity contribution is 7.15.